The fraction of sp³-hybridized carbons (Fsp3) is 0.619. The molecule has 1 heterocycles. The lowest BCUT2D eigenvalue weighted by molar-refractivity contribution is -0.181. The number of nitrogens with one attached hydrogen (secondary N) is 3. The Morgan fingerprint density at radius 2 is 1.69 bits per heavy atom. The van der Waals surface area contributed by atoms with Crippen molar-refractivity contribution >= 4 is 41.7 Å². The number of benzene rings is 1. The molecule has 32 heavy (non-hydrogen) atoms. The Balaban J connectivity index is 0.00000512. The maximum Gasteiger partial charge on any atom is 0.403 e. The molecule has 7 nitrogen and oxygen atoms in total. The van der Waals surface area contributed by atoms with Gasteiger partial charge in [-0.3, -0.25) is 4.90 Å². The molecular formula is C21H34F3IN6O. The first-order chi connectivity index (χ1) is 14.6. The third-order valence-electron chi connectivity index (χ3n) is 5.01. The molecule has 0 radical (unpaired) electrons. The molecule has 0 aliphatic carbocycles. The number of halogens is 4. The fourth-order valence-corrected chi connectivity index (χ4v) is 3.24. The van der Waals surface area contributed by atoms with Crippen molar-refractivity contribution in [3.8, 4) is 0 Å². The number of aliphatic imine (C=N–C) groups is 1. The fourth-order valence-electron chi connectivity index (χ4n) is 3.24. The molecule has 1 aromatic carbocycles. The van der Waals surface area contributed by atoms with Crippen LogP contribution in [0.4, 0.5) is 23.7 Å². The summed E-state index contributed by atoms with van der Waals surface area (Å²) in [6.07, 6.45) is -4.21. The molecule has 1 aliphatic rings. The van der Waals surface area contributed by atoms with Crippen LogP contribution in [0.2, 0.25) is 0 Å². The molecule has 1 aromatic rings. The average Bonchev–Trinajstić information content (AvgIpc) is 2.70. The Bertz CT molecular complexity index is 734. The van der Waals surface area contributed by atoms with Crippen molar-refractivity contribution in [2.75, 3.05) is 38.0 Å². The number of carbonyl (C=O) groups excluding carboxylic acids is 1. The number of rotatable bonds is 6. The largest absolute Gasteiger partial charge is 0.403 e. The normalized spacial score (nSPS) is 16.4. The zero-order chi connectivity index (χ0) is 23.0. The molecule has 1 fully saturated rings. The number of hydrogen-bond acceptors (Lipinski definition) is 3. The summed E-state index contributed by atoms with van der Waals surface area (Å²) < 4.78 is 38.9. The number of anilines is 1. The van der Waals surface area contributed by atoms with Crippen LogP contribution in [-0.4, -0.2) is 72.8 Å². The first-order valence-corrected chi connectivity index (χ1v) is 10.6. The van der Waals surface area contributed by atoms with Gasteiger partial charge < -0.3 is 20.9 Å². The SMILES string of the molecule is CCNC(=NCc1ccc(NC(=O)NC(C)C)cc1)N1CCN(C(C)C(F)(F)F)CC1.I. The summed E-state index contributed by atoms with van der Waals surface area (Å²) >= 11 is 0. The lowest BCUT2D eigenvalue weighted by atomic mass is 10.2. The Hall–Kier alpha value is -1.76. The summed E-state index contributed by atoms with van der Waals surface area (Å²) in [6, 6.07) is 5.76. The summed E-state index contributed by atoms with van der Waals surface area (Å²) in [5.41, 5.74) is 1.65. The maximum absolute atomic E-state index is 13.0. The second-order valence-corrected chi connectivity index (χ2v) is 7.86. The number of guanidine groups is 1. The quantitative estimate of drug-likeness (QED) is 0.276. The minimum Gasteiger partial charge on any atom is -0.357 e. The van der Waals surface area contributed by atoms with Crippen molar-refractivity contribution < 1.29 is 18.0 Å². The Morgan fingerprint density at radius 3 is 2.19 bits per heavy atom. The minimum atomic E-state index is -4.21. The van der Waals surface area contributed by atoms with Crippen LogP contribution in [0, 0.1) is 0 Å². The smallest absolute Gasteiger partial charge is 0.357 e. The van der Waals surface area contributed by atoms with E-state index < -0.39 is 12.2 Å². The first kappa shape index (κ1) is 28.3. The van der Waals surface area contributed by atoms with Crippen molar-refractivity contribution in [2.45, 2.75) is 52.5 Å². The highest BCUT2D eigenvalue weighted by atomic mass is 127. The average molecular weight is 570 g/mol. The second kappa shape index (κ2) is 13.1. The van der Waals surface area contributed by atoms with Gasteiger partial charge in [0.05, 0.1) is 6.54 Å². The molecule has 2 rings (SSSR count). The van der Waals surface area contributed by atoms with E-state index in [0.29, 0.717) is 50.9 Å². The van der Waals surface area contributed by atoms with Gasteiger partial charge in [0, 0.05) is 44.5 Å². The molecule has 182 valence electrons. The molecule has 11 heteroatoms. The van der Waals surface area contributed by atoms with Crippen LogP contribution >= 0.6 is 24.0 Å². The standard InChI is InChI=1S/C21H33F3N6O.HI/c1-5-25-19(30-12-10-29(11-13-30)16(4)21(22,23)24)26-14-17-6-8-18(9-7-17)28-20(31)27-15(2)3;/h6-9,15-16H,5,10-14H2,1-4H3,(H,25,26)(H2,27,28,31);1H. The van der Waals surface area contributed by atoms with E-state index in [4.69, 9.17) is 0 Å². The van der Waals surface area contributed by atoms with Gasteiger partial charge in [-0.25, -0.2) is 9.79 Å². The van der Waals surface area contributed by atoms with E-state index in [2.05, 4.69) is 20.9 Å². The van der Waals surface area contributed by atoms with Gasteiger partial charge in [0.2, 0.25) is 0 Å². The van der Waals surface area contributed by atoms with Crippen LogP contribution in [0.15, 0.2) is 29.3 Å². The predicted molar refractivity (Wildman–Crippen MR) is 133 cm³/mol. The molecule has 3 N–H and O–H groups in total. The summed E-state index contributed by atoms with van der Waals surface area (Å²) in [5.74, 6) is 0.695. The highest BCUT2D eigenvalue weighted by molar-refractivity contribution is 14.0. The van der Waals surface area contributed by atoms with E-state index in [1.54, 1.807) is 0 Å². The van der Waals surface area contributed by atoms with E-state index in [1.165, 1.54) is 11.8 Å². The summed E-state index contributed by atoms with van der Waals surface area (Å²) in [5, 5.41) is 8.76. The number of nitrogens with zero attached hydrogens (tertiary/aromatic N) is 3. The number of carbonyl (C=O) groups is 1. The van der Waals surface area contributed by atoms with Crippen molar-refractivity contribution in [1.82, 2.24) is 20.4 Å². The van der Waals surface area contributed by atoms with Gasteiger partial charge in [-0.2, -0.15) is 13.2 Å². The number of urea groups is 1. The molecule has 0 aromatic heterocycles. The first-order valence-electron chi connectivity index (χ1n) is 10.6. The van der Waals surface area contributed by atoms with Crippen molar-refractivity contribution in [3.05, 3.63) is 29.8 Å². The number of alkyl halides is 3. The van der Waals surface area contributed by atoms with Gasteiger partial charge in [-0.05, 0) is 45.4 Å². The second-order valence-electron chi connectivity index (χ2n) is 7.86. The number of hydrogen-bond donors (Lipinski definition) is 3. The summed E-state index contributed by atoms with van der Waals surface area (Å²) in [6.45, 7) is 9.69. The molecule has 1 saturated heterocycles. The summed E-state index contributed by atoms with van der Waals surface area (Å²) in [7, 11) is 0. The monoisotopic (exact) mass is 570 g/mol. The van der Waals surface area contributed by atoms with Crippen LogP contribution in [-0.2, 0) is 6.54 Å². The minimum absolute atomic E-state index is 0. The van der Waals surface area contributed by atoms with E-state index in [0.717, 1.165) is 5.56 Å². The molecule has 0 bridgehead atoms. The maximum atomic E-state index is 13.0. The third-order valence-corrected chi connectivity index (χ3v) is 5.01. The van der Waals surface area contributed by atoms with Crippen LogP contribution in [0.25, 0.3) is 0 Å². The van der Waals surface area contributed by atoms with E-state index in [9.17, 15) is 18.0 Å². The molecular weight excluding hydrogens is 536 g/mol. The Kier molecular flexibility index (Phi) is 11.5. The molecule has 0 saturated carbocycles. The van der Waals surface area contributed by atoms with Gasteiger partial charge in [0.1, 0.15) is 6.04 Å². The highest BCUT2D eigenvalue weighted by Crippen LogP contribution is 2.25. The van der Waals surface area contributed by atoms with Crippen molar-refractivity contribution in [1.29, 1.82) is 0 Å². The van der Waals surface area contributed by atoms with Gasteiger partial charge in [-0.15, -0.1) is 24.0 Å². The zero-order valence-electron chi connectivity index (χ0n) is 19.0. The van der Waals surface area contributed by atoms with Gasteiger partial charge in [0.25, 0.3) is 0 Å². The summed E-state index contributed by atoms with van der Waals surface area (Å²) in [4.78, 5) is 19.9. The highest BCUT2D eigenvalue weighted by Gasteiger charge is 2.41. The van der Waals surface area contributed by atoms with Crippen molar-refractivity contribution in [2.24, 2.45) is 4.99 Å². The molecule has 1 atom stereocenters. The van der Waals surface area contributed by atoms with Crippen LogP contribution < -0.4 is 16.0 Å². The molecule has 1 unspecified atom stereocenters. The van der Waals surface area contributed by atoms with E-state index >= 15 is 0 Å². The van der Waals surface area contributed by atoms with Crippen LogP contribution in [0.3, 0.4) is 0 Å². The molecule has 2 amide bonds. The number of amides is 2. The van der Waals surface area contributed by atoms with Gasteiger partial charge in [-0.1, -0.05) is 12.1 Å². The van der Waals surface area contributed by atoms with Crippen LogP contribution in [0.1, 0.15) is 33.3 Å². The lowest BCUT2D eigenvalue weighted by Gasteiger charge is -2.39. The zero-order valence-corrected chi connectivity index (χ0v) is 21.3. The van der Waals surface area contributed by atoms with Crippen molar-refractivity contribution in [3.63, 3.8) is 0 Å². The third kappa shape index (κ3) is 9.00. The van der Waals surface area contributed by atoms with Gasteiger partial charge in [0.15, 0.2) is 5.96 Å². The Labute approximate surface area is 205 Å². The Morgan fingerprint density at radius 1 is 1.09 bits per heavy atom. The predicted octanol–water partition coefficient (Wildman–Crippen LogP) is 3.87. The van der Waals surface area contributed by atoms with Gasteiger partial charge >= 0.3 is 12.2 Å². The lowest BCUT2D eigenvalue weighted by Crippen LogP contribution is -2.56. The number of piperazine rings is 1. The van der Waals surface area contributed by atoms with E-state index in [1.807, 2.05) is 49.9 Å². The molecule has 1 aliphatic heterocycles. The van der Waals surface area contributed by atoms with E-state index in [-0.39, 0.29) is 36.0 Å². The molecule has 0 spiro atoms. The van der Waals surface area contributed by atoms with Crippen LogP contribution in [0.5, 0.6) is 0 Å². The topological polar surface area (TPSA) is 72.0 Å².